The molecule has 4 rings (SSSR count). The molecule has 2 aliphatic carbocycles. The number of aliphatic hydroxyl groups excluding tert-OH is 1. The Balaban J connectivity index is 1.92. The highest BCUT2D eigenvalue weighted by atomic mass is 19.1. The largest absolute Gasteiger partial charge is 0.388 e. The fourth-order valence-corrected chi connectivity index (χ4v) is 5.74. The third-order valence-corrected chi connectivity index (χ3v) is 7.10. The van der Waals surface area contributed by atoms with Gasteiger partial charge >= 0.3 is 0 Å². The van der Waals surface area contributed by atoms with Gasteiger partial charge in [-0.2, -0.15) is 0 Å². The quantitative estimate of drug-likeness (QED) is 0.831. The van der Waals surface area contributed by atoms with E-state index in [1.807, 2.05) is 0 Å². The van der Waals surface area contributed by atoms with E-state index in [4.69, 9.17) is 0 Å². The predicted molar refractivity (Wildman–Crippen MR) is 104 cm³/mol. The molecule has 0 saturated carbocycles. The monoisotopic (exact) mass is 355 g/mol. The van der Waals surface area contributed by atoms with Gasteiger partial charge in [0, 0.05) is 5.41 Å². The third-order valence-electron chi connectivity index (χ3n) is 7.10. The fourth-order valence-electron chi connectivity index (χ4n) is 5.74. The first kappa shape index (κ1) is 17.9. The zero-order valence-corrected chi connectivity index (χ0v) is 16.1. The Bertz CT molecular complexity index is 757. The second-order valence-corrected chi connectivity index (χ2v) is 8.96. The Hall–Kier alpha value is -1.45. The van der Waals surface area contributed by atoms with Crippen LogP contribution in [0.15, 0.2) is 42.3 Å². The molecule has 1 aromatic carbocycles. The maximum atomic E-state index is 14.2. The number of piperidine rings is 1. The van der Waals surface area contributed by atoms with Gasteiger partial charge in [0.1, 0.15) is 5.83 Å². The van der Waals surface area contributed by atoms with Crippen molar-refractivity contribution in [3.8, 4) is 0 Å². The predicted octanol–water partition coefficient (Wildman–Crippen LogP) is 4.70. The Morgan fingerprint density at radius 3 is 2.58 bits per heavy atom. The smallest absolute Gasteiger partial charge is 0.119 e. The minimum absolute atomic E-state index is 0.147. The van der Waals surface area contributed by atoms with Crippen molar-refractivity contribution in [2.45, 2.75) is 51.0 Å². The standard InChI is InChI=1S/C23H30FNO/c1-22(2)15-18(24)9-12-23(22,17-10-13-25(3)14-11-17)19-6-4-5-16-7-8-20(26)21(16)19/h4-6,9,12,15,17,20,26H,7-8,10-11,13-14H2,1-3H3. The first-order valence-corrected chi connectivity index (χ1v) is 9.91. The van der Waals surface area contributed by atoms with E-state index >= 15 is 0 Å². The molecule has 0 bridgehead atoms. The van der Waals surface area contributed by atoms with Gasteiger partial charge in [-0.25, -0.2) is 4.39 Å². The van der Waals surface area contributed by atoms with Gasteiger partial charge < -0.3 is 10.0 Å². The summed E-state index contributed by atoms with van der Waals surface area (Å²) in [7, 11) is 2.17. The van der Waals surface area contributed by atoms with Crippen LogP contribution in [-0.2, 0) is 11.8 Å². The summed E-state index contributed by atoms with van der Waals surface area (Å²) >= 11 is 0. The molecule has 26 heavy (non-hydrogen) atoms. The highest BCUT2D eigenvalue weighted by Gasteiger charge is 2.52. The average Bonchev–Trinajstić information content (AvgIpc) is 2.97. The van der Waals surface area contributed by atoms with Gasteiger partial charge in [0.15, 0.2) is 0 Å². The van der Waals surface area contributed by atoms with Crippen LogP contribution in [0.3, 0.4) is 0 Å². The normalized spacial score (nSPS) is 31.7. The van der Waals surface area contributed by atoms with Crippen LogP contribution in [0.1, 0.15) is 55.9 Å². The van der Waals surface area contributed by atoms with Crippen LogP contribution in [-0.4, -0.2) is 30.1 Å². The lowest BCUT2D eigenvalue weighted by molar-refractivity contribution is 0.102. The highest BCUT2D eigenvalue weighted by molar-refractivity contribution is 5.51. The minimum Gasteiger partial charge on any atom is -0.388 e. The minimum atomic E-state index is -0.399. The molecule has 1 saturated heterocycles. The van der Waals surface area contributed by atoms with Crippen LogP contribution in [0, 0.1) is 11.3 Å². The maximum Gasteiger partial charge on any atom is 0.119 e. The topological polar surface area (TPSA) is 23.5 Å². The van der Waals surface area contributed by atoms with Crippen molar-refractivity contribution in [2.24, 2.45) is 11.3 Å². The molecule has 1 fully saturated rings. The number of allylic oxidation sites excluding steroid dienone is 4. The summed E-state index contributed by atoms with van der Waals surface area (Å²) < 4.78 is 14.2. The van der Waals surface area contributed by atoms with E-state index in [9.17, 15) is 9.50 Å². The summed E-state index contributed by atoms with van der Waals surface area (Å²) in [6.45, 7) is 6.46. The van der Waals surface area contributed by atoms with Gasteiger partial charge in [-0.3, -0.25) is 0 Å². The van der Waals surface area contributed by atoms with Gasteiger partial charge in [0.25, 0.3) is 0 Å². The molecule has 0 amide bonds. The number of aliphatic hydroxyl groups is 1. The molecule has 2 unspecified atom stereocenters. The number of aryl methyl sites for hydroxylation is 1. The SMILES string of the molecule is CN1CCC(C2(c3cccc4c3C(O)CC4)C=CC(F)=CC2(C)C)CC1. The number of benzene rings is 1. The molecular weight excluding hydrogens is 325 g/mol. The molecule has 2 nitrogen and oxygen atoms in total. The summed E-state index contributed by atoms with van der Waals surface area (Å²) in [6.07, 6.45) is 9.10. The Labute approximate surface area is 156 Å². The van der Waals surface area contributed by atoms with E-state index in [-0.39, 0.29) is 16.7 Å². The number of hydrogen-bond donors (Lipinski definition) is 1. The Morgan fingerprint density at radius 1 is 1.15 bits per heavy atom. The van der Waals surface area contributed by atoms with Crippen LogP contribution < -0.4 is 0 Å². The zero-order chi connectivity index (χ0) is 18.5. The number of likely N-dealkylation sites (tertiary alicyclic amines) is 1. The van der Waals surface area contributed by atoms with Crippen LogP contribution in [0.2, 0.25) is 0 Å². The average molecular weight is 355 g/mol. The second kappa shape index (κ2) is 6.31. The zero-order valence-electron chi connectivity index (χ0n) is 16.1. The second-order valence-electron chi connectivity index (χ2n) is 8.96. The van der Waals surface area contributed by atoms with Gasteiger partial charge in [0.2, 0.25) is 0 Å². The number of nitrogens with zero attached hydrogens (tertiary/aromatic N) is 1. The van der Waals surface area contributed by atoms with Crippen LogP contribution in [0.5, 0.6) is 0 Å². The molecule has 1 aromatic rings. The third kappa shape index (κ3) is 2.59. The summed E-state index contributed by atoms with van der Waals surface area (Å²) in [5.74, 6) is 0.292. The molecule has 3 aliphatic rings. The lowest BCUT2D eigenvalue weighted by atomic mass is 9.51. The van der Waals surface area contributed by atoms with Crippen LogP contribution in [0.4, 0.5) is 4.39 Å². The number of rotatable bonds is 2. The molecule has 140 valence electrons. The van der Waals surface area contributed by atoms with E-state index in [2.05, 4.69) is 50.1 Å². The highest BCUT2D eigenvalue weighted by Crippen LogP contribution is 2.57. The molecule has 1 heterocycles. The molecule has 0 radical (unpaired) electrons. The van der Waals surface area contributed by atoms with Gasteiger partial charge in [-0.15, -0.1) is 0 Å². The van der Waals surface area contributed by atoms with Gasteiger partial charge in [0.05, 0.1) is 6.10 Å². The molecular formula is C23H30FNO. The first-order chi connectivity index (χ1) is 12.3. The van der Waals surface area contributed by atoms with E-state index in [0.717, 1.165) is 44.3 Å². The molecule has 1 aliphatic heterocycles. The van der Waals surface area contributed by atoms with Crippen LogP contribution in [0.25, 0.3) is 0 Å². The van der Waals surface area contributed by atoms with Crippen molar-refractivity contribution in [1.29, 1.82) is 0 Å². The lowest BCUT2D eigenvalue weighted by Crippen LogP contribution is -2.50. The van der Waals surface area contributed by atoms with Crippen molar-refractivity contribution in [3.63, 3.8) is 0 Å². The lowest BCUT2D eigenvalue weighted by Gasteiger charge is -2.53. The fraction of sp³-hybridized carbons (Fsp3) is 0.565. The Morgan fingerprint density at radius 2 is 1.88 bits per heavy atom. The van der Waals surface area contributed by atoms with Crippen molar-refractivity contribution in [2.75, 3.05) is 20.1 Å². The molecule has 2 atom stereocenters. The van der Waals surface area contributed by atoms with E-state index in [1.54, 1.807) is 12.2 Å². The Kier molecular flexibility index (Phi) is 4.36. The number of fused-ring (bicyclic) bond motifs is 1. The van der Waals surface area contributed by atoms with E-state index in [0.29, 0.717) is 5.92 Å². The maximum absolute atomic E-state index is 14.2. The summed E-state index contributed by atoms with van der Waals surface area (Å²) in [5, 5.41) is 10.7. The van der Waals surface area contributed by atoms with E-state index in [1.165, 1.54) is 11.1 Å². The van der Waals surface area contributed by atoms with Crippen LogP contribution >= 0.6 is 0 Å². The first-order valence-electron chi connectivity index (χ1n) is 9.91. The van der Waals surface area contributed by atoms with Crippen molar-refractivity contribution < 1.29 is 9.50 Å². The molecule has 3 heteroatoms. The summed E-state index contributed by atoms with van der Waals surface area (Å²) in [5.41, 5.74) is 2.98. The molecule has 0 spiro atoms. The van der Waals surface area contributed by atoms with Crippen molar-refractivity contribution >= 4 is 0 Å². The number of halogens is 1. The number of hydrogen-bond acceptors (Lipinski definition) is 2. The van der Waals surface area contributed by atoms with Gasteiger partial charge in [-0.1, -0.05) is 38.1 Å². The molecule has 1 N–H and O–H groups in total. The molecule has 0 aromatic heterocycles. The van der Waals surface area contributed by atoms with Crippen molar-refractivity contribution in [3.05, 3.63) is 58.9 Å². The summed E-state index contributed by atoms with van der Waals surface area (Å²) in [6, 6.07) is 6.46. The van der Waals surface area contributed by atoms with Crippen molar-refractivity contribution in [1.82, 2.24) is 4.90 Å². The van der Waals surface area contributed by atoms with Gasteiger partial charge in [-0.05, 0) is 86.0 Å². The summed E-state index contributed by atoms with van der Waals surface area (Å²) in [4.78, 5) is 2.38. The van der Waals surface area contributed by atoms with E-state index < -0.39 is 6.10 Å².